The summed E-state index contributed by atoms with van der Waals surface area (Å²) in [5, 5.41) is 8.67. The first-order chi connectivity index (χ1) is 11.9. The van der Waals surface area contributed by atoms with Crippen molar-refractivity contribution < 1.29 is 0 Å². The summed E-state index contributed by atoms with van der Waals surface area (Å²) < 4.78 is 0. The molecular formula is C17H21N7. The van der Waals surface area contributed by atoms with Crippen LogP contribution >= 0.6 is 0 Å². The van der Waals surface area contributed by atoms with E-state index in [0.29, 0.717) is 5.65 Å². The smallest absolute Gasteiger partial charge is 0.181 e. The molecule has 0 radical (unpaired) electrons. The molecule has 0 spiro atoms. The number of hydrogen-bond acceptors (Lipinski definition) is 7. The van der Waals surface area contributed by atoms with Crippen molar-refractivity contribution in [3.05, 3.63) is 55.6 Å². The van der Waals surface area contributed by atoms with Crippen molar-refractivity contribution in [2.75, 3.05) is 0 Å². The van der Waals surface area contributed by atoms with Gasteiger partial charge in [-0.15, -0.1) is 5.10 Å². The van der Waals surface area contributed by atoms with Crippen LogP contribution in [0, 0.1) is 0 Å². The van der Waals surface area contributed by atoms with E-state index in [1.807, 2.05) is 39.8 Å². The van der Waals surface area contributed by atoms with E-state index in [1.54, 1.807) is 37.2 Å². The zero-order valence-electron chi connectivity index (χ0n) is 14.3. The van der Waals surface area contributed by atoms with Crippen LogP contribution in [0.1, 0.15) is 27.7 Å². The molecule has 0 aliphatic heterocycles. The normalized spacial score (nSPS) is 8.83. The van der Waals surface area contributed by atoms with Crippen LogP contribution in [0.15, 0.2) is 55.6 Å². The van der Waals surface area contributed by atoms with Gasteiger partial charge in [-0.25, -0.2) is 19.9 Å². The zero-order chi connectivity index (χ0) is 17.6. The highest BCUT2D eigenvalue weighted by molar-refractivity contribution is 5.75. The molecule has 4 rings (SSSR count). The number of aromatic nitrogens is 7. The molecule has 4 heterocycles. The average Bonchev–Trinajstić information content (AvgIpc) is 2.72. The fraction of sp³-hybridized carbons (Fsp3) is 0.235. The van der Waals surface area contributed by atoms with Crippen LogP contribution in [0.4, 0.5) is 0 Å². The monoisotopic (exact) mass is 323 g/mol. The topological polar surface area (TPSA) is 90.2 Å². The maximum absolute atomic E-state index is 3.99. The Bertz CT molecular complexity index is 634. The lowest BCUT2D eigenvalue weighted by Gasteiger charge is -1.89. The minimum Gasteiger partial charge on any atom is -0.262 e. The van der Waals surface area contributed by atoms with E-state index in [9.17, 15) is 0 Å². The van der Waals surface area contributed by atoms with E-state index in [4.69, 9.17) is 0 Å². The van der Waals surface area contributed by atoms with Crippen LogP contribution in [0.2, 0.25) is 0 Å². The van der Waals surface area contributed by atoms with Gasteiger partial charge in [-0.1, -0.05) is 27.7 Å². The predicted molar refractivity (Wildman–Crippen MR) is 95.2 cm³/mol. The fourth-order valence-electron chi connectivity index (χ4n) is 1.55. The molecule has 0 aliphatic rings. The van der Waals surface area contributed by atoms with Crippen LogP contribution in [0.3, 0.4) is 0 Å². The molecule has 0 atom stereocenters. The third-order valence-electron chi connectivity index (χ3n) is 2.47. The number of fused-ring (bicyclic) bond motifs is 2. The van der Waals surface area contributed by atoms with Gasteiger partial charge in [0.25, 0.3) is 0 Å². The summed E-state index contributed by atoms with van der Waals surface area (Å²) in [6.45, 7) is 8.00. The molecular weight excluding hydrogens is 302 g/mol. The molecule has 24 heavy (non-hydrogen) atoms. The Morgan fingerprint density at radius 2 is 1.38 bits per heavy atom. The Hall–Kier alpha value is -3.09. The maximum atomic E-state index is 3.99. The molecule has 0 aliphatic carbocycles. The van der Waals surface area contributed by atoms with Gasteiger partial charge in [0.2, 0.25) is 0 Å². The van der Waals surface area contributed by atoms with Crippen LogP contribution in [0.5, 0.6) is 0 Å². The second-order valence-corrected chi connectivity index (χ2v) is 3.75. The predicted octanol–water partition coefficient (Wildman–Crippen LogP) is 3.50. The molecule has 0 aromatic carbocycles. The lowest BCUT2D eigenvalue weighted by molar-refractivity contribution is 1.07. The minimum absolute atomic E-state index is 0.637. The SMILES string of the molecule is CC.CC.c1cc2ccnnc2cn1.c1cnc2ncncc2n1. The highest BCUT2D eigenvalue weighted by Gasteiger charge is 1.91. The van der Waals surface area contributed by atoms with Crippen molar-refractivity contribution in [3.63, 3.8) is 0 Å². The van der Waals surface area contributed by atoms with Crippen LogP contribution < -0.4 is 0 Å². The van der Waals surface area contributed by atoms with E-state index in [2.05, 4.69) is 35.1 Å². The second kappa shape index (κ2) is 11.5. The Kier molecular flexibility index (Phi) is 9.06. The van der Waals surface area contributed by atoms with Crippen molar-refractivity contribution in [1.29, 1.82) is 0 Å². The number of nitrogens with zero attached hydrogens (tertiary/aromatic N) is 7. The zero-order valence-corrected chi connectivity index (χ0v) is 14.3. The molecule has 124 valence electrons. The molecule has 0 fully saturated rings. The maximum Gasteiger partial charge on any atom is 0.181 e. The van der Waals surface area contributed by atoms with Gasteiger partial charge in [-0.2, -0.15) is 5.10 Å². The molecule has 0 saturated heterocycles. The highest BCUT2D eigenvalue weighted by Crippen LogP contribution is 2.04. The van der Waals surface area contributed by atoms with Gasteiger partial charge in [0.05, 0.1) is 18.6 Å². The first-order valence-electron chi connectivity index (χ1n) is 7.81. The summed E-state index contributed by atoms with van der Waals surface area (Å²) in [6, 6.07) is 3.81. The van der Waals surface area contributed by atoms with Crippen LogP contribution in [-0.4, -0.2) is 35.1 Å². The van der Waals surface area contributed by atoms with E-state index in [0.717, 1.165) is 16.4 Å². The molecule has 7 heteroatoms. The summed E-state index contributed by atoms with van der Waals surface area (Å²) in [4.78, 5) is 19.6. The summed E-state index contributed by atoms with van der Waals surface area (Å²) in [7, 11) is 0. The first kappa shape index (κ1) is 19.0. The van der Waals surface area contributed by atoms with Gasteiger partial charge in [-0.05, 0) is 12.1 Å². The van der Waals surface area contributed by atoms with Crippen molar-refractivity contribution in [2.45, 2.75) is 27.7 Å². The van der Waals surface area contributed by atoms with Gasteiger partial charge >= 0.3 is 0 Å². The van der Waals surface area contributed by atoms with Gasteiger partial charge in [-0.3, -0.25) is 4.98 Å². The summed E-state index contributed by atoms with van der Waals surface area (Å²) in [6.07, 6.45) is 11.4. The number of pyridine rings is 1. The fourth-order valence-corrected chi connectivity index (χ4v) is 1.55. The summed E-state index contributed by atoms with van der Waals surface area (Å²) in [5.41, 5.74) is 2.20. The minimum atomic E-state index is 0.637. The number of rotatable bonds is 0. The molecule has 0 bridgehead atoms. The summed E-state index contributed by atoms with van der Waals surface area (Å²) in [5.74, 6) is 0. The third-order valence-corrected chi connectivity index (χ3v) is 2.47. The summed E-state index contributed by atoms with van der Waals surface area (Å²) >= 11 is 0. The molecule has 4 aromatic heterocycles. The lowest BCUT2D eigenvalue weighted by atomic mass is 10.3. The van der Waals surface area contributed by atoms with E-state index in [1.165, 1.54) is 6.33 Å². The quantitative estimate of drug-likeness (QED) is 0.489. The highest BCUT2D eigenvalue weighted by atomic mass is 15.1. The Morgan fingerprint density at radius 3 is 2.12 bits per heavy atom. The van der Waals surface area contributed by atoms with Gasteiger partial charge in [0, 0.05) is 24.0 Å². The van der Waals surface area contributed by atoms with Gasteiger partial charge in [0.15, 0.2) is 5.65 Å². The third kappa shape index (κ3) is 5.60. The van der Waals surface area contributed by atoms with Crippen LogP contribution in [0.25, 0.3) is 22.1 Å². The molecule has 0 saturated carbocycles. The average molecular weight is 323 g/mol. The number of hydrogen-bond donors (Lipinski definition) is 0. The molecule has 4 aromatic rings. The molecule has 7 nitrogen and oxygen atoms in total. The molecule has 0 N–H and O–H groups in total. The van der Waals surface area contributed by atoms with Crippen molar-refractivity contribution >= 4 is 22.1 Å². The van der Waals surface area contributed by atoms with E-state index in [-0.39, 0.29) is 0 Å². The molecule has 0 amide bonds. The van der Waals surface area contributed by atoms with Crippen molar-refractivity contribution in [3.8, 4) is 0 Å². The van der Waals surface area contributed by atoms with E-state index >= 15 is 0 Å². The van der Waals surface area contributed by atoms with Crippen LogP contribution in [-0.2, 0) is 0 Å². The second-order valence-electron chi connectivity index (χ2n) is 3.75. The largest absolute Gasteiger partial charge is 0.262 e. The van der Waals surface area contributed by atoms with Gasteiger partial charge < -0.3 is 0 Å². The lowest BCUT2D eigenvalue weighted by Crippen LogP contribution is -1.85. The van der Waals surface area contributed by atoms with E-state index < -0.39 is 0 Å². The van der Waals surface area contributed by atoms with Crippen molar-refractivity contribution in [2.24, 2.45) is 0 Å². The molecule has 0 unspecified atom stereocenters. The Morgan fingerprint density at radius 1 is 0.667 bits per heavy atom. The van der Waals surface area contributed by atoms with Gasteiger partial charge in [0.1, 0.15) is 17.4 Å². The van der Waals surface area contributed by atoms with Crippen molar-refractivity contribution in [1.82, 2.24) is 35.1 Å². The standard InChI is InChI=1S/C7H5N3.C6H4N4.2C2H6/c1-3-8-5-7-6(1)2-4-9-10-7;1-2-9-6-5(8-1)3-7-4-10-6;2*1-2/h1-5H;1-4H;2*1-2H3. The Labute approximate surface area is 141 Å². The Balaban J connectivity index is 0.000000199. The first-order valence-corrected chi connectivity index (χ1v) is 7.81.